The van der Waals surface area contributed by atoms with Gasteiger partial charge in [-0.1, -0.05) is 47.0 Å². The molecule has 12 heteroatoms. The molecule has 0 N–H and O–H groups in total. The standard InChI is InChI=1S/C20H34N2O4.C16H26N2O4.CH4/c1-3-4-5-6-7-14-25-20(24)18-16-9-8-15(26-16)17(18)19(23)22-12-10-21(2)11-13-22;1-3-10-21-16(20)14-12-5-4-11(22-12)13(14)15(19)18-8-6-17(2)7-9-18;/h15-18H,3-14H2,1-2H3;11-14H,3-10H2,1-2H3;1H4. The highest BCUT2D eigenvalue weighted by molar-refractivity contribution is 5.88. The molecule has 8 unspecified atom stereocenters. The van der Waals surface area contributed by atoms with Crippen LogP contribution < -0.4 is 0 Å². The average molecular weight is 693 g/mol. The van der Waals surface area contributed by atoms with E-state index in [2.05, 4.69) is 30.8 Å². The van der Waals surface area contributed by atoms with Gasteiger partial charge in [0.2, 0.25) is 11.8 Å². The molecule has 0 aliphatic carbocycles. The molecule has 0 aromatic rings. The molecule has 0 spiro atoms. The Morgan fingerprint density at radius 3 is 1.33 bits per heavy atom. The van der Waals surface area contributed by atoms with E-state index < -0.39 is 11.8 Å². The number of unbranched alkanes of at least 4 members (excludes halogenated alkanes) is 4. The Bertz CT molecular complexity index is 1090. The zero-order valence-corrected chi connectivity index (χ0v) is 29.8. The van der Waals surface area contributed by atoms with E-state index >= 15 is 0 Å². The van der Waals surface area contributed by atoms with E-state index in [0.29, 0.717) is 13.2 Å². The highest BCUT2D eigenvalue weighted by Crippen LogP contribution is 2.46. The Morgan fingerprint density at radius 2 is 0.918 bits per heavy atom. The van der Waals surface area contributed by atoms with Crippen molar-refractivity contribution in [2.24, 2.45) is 23.7 Å². The summed E-state index contributed by atoms with van der Waals surface area (Å²) in [6.07, 6.45) is 9.46. The van der Waals surface area contributed by atoms with Crippen LogP contribution in [-0.2, 0) is 38.1 Å². The van der Waals surface area contributed by atoms with E-state index in [4.69, 9.17) is 18.9 Å². The Hall–Kier alpha value is -2.28. The molecule has 6 saturated heterocycles. The van der Waals surface area contributed by atoms with Crippen LogP contribution in [0.3, 0.4) is 0 Å². The number of carbonyl (C=O) groups excluding carboxylic acids is 4. The summed E-state index contributed by atoms with van der Waals surface area (Å²) in [4.78, 5) is 59.3. The maximum Gasteiger partial charge on any atom is 0.312 e. The zero-order valence-electron chi connectivity index (χ0n) is 29.8. The smallest absolute Gasteiger partial charge is 0.312 e. The highest BCUT2D eigenvalue weighted by Gasteiger charge is 2.58. The lowest BCUT2D eigenvalue weighted by atomic mass is 9.78. The Kier molecular flexibility index (Phi) is 15.2. The van der Waals surface area contributed by atoms with Crippen molar-refractivity contribution in [3.8, 4) is 0 Å². The molecule has 49 heavy (non-hydrogen) atoms. The molecule has 6 fully saturated rings. The average Bonchev–Trinajstić information content (AvgIpc) is 3.91. The van der Waals surface area contributed by atoms with Crippen LogP contribution in [0, 0.1) is 23.7 Å². The summed E-state index contributed by atoms with van der Waals surface area (Å²) in [6.45, 7) is 11.5. The second-order valence-electron chi connectivity index (χ2n) is 14.7. The van der Waals surface area contributed by atoms with Crippen molar-refractivity contribution in [3.63, 3.8) is 0 Å². The number of hydrogen-bond acceptors (Lipinski definition) is 10. The number of carbonyl (C=O) groups is 4. The first kappa shape index (κ1) is 39.5. The predicted octanol–water partition coefficient (Wildman–Crippen LogP) is 3.21. The topological polar surface area (TPSA) is 118 Å². The Morgan fingerprint density at radius 1 is 0.531 bits per heavy atom. The maximum absolute atomic E-state index is 13.1. The van der Waals surface area contributed by atoms with Crippen molar-refractivity contribution >= 4 is 23.8 Å². The van der Waals surface area contributed by atoms with Gasteiger partial charge in [0.05, 0.1) is 61.3 Å². The highest BCUT2D eigenvalue weighted by atomic mass is 16.6. The largest absolute Gasteiger partial charge is 0.465 e. The molecule has 280 valence electrons. The van der Waals surface area contributed by atoms with Gasteiger partial charge in [-0.05, 0) is 52.6 Å². The molecule has 0 radical (unpaired) electrons. The number of hydrogen-bond donors (Lipinski definition) is 0. The summed E-state index contributed by atoms with van der Waals surface area (Å²) >= 11 is 0. The van der Waals surface area contributed by atoms with Gasteiger partial charge >= 0.3 is 11.9 Å². The number of likely N-dealkylation sites (N-methyl/N-ethyl adjacent to an activating group) is 2. The summed E-state index contributed by atoms with van der Waals surface area (Å²) in [5, 5.41) is 0. The fraction of sp³-hybridized carbons (Fsp3) is 0.892. The SMILES string of the molecule is C.CCCCCCCOC(=O)C1C2CCC(O2)C1C(=O)N1CCN(C)CC1.CCCOC(=O)C1C2CCC(O2)C1C(=O)N1CCN(C)CC1. The molecule has 6 aliphatic heterocycles. The minimum atomic E-state index is -0.406. The monoisotopic (exact) mass is 692 g/mol. The first-order valence-corrected chi connectivity index (χ1v) is 18.8. The number of esters is 2. The normalized spacial score (nSPS) is 32.3. The van der Waals surface area contributed by atoms with Crippen LogP contribution in [0.15, 0.2) is 0 Å². The van der Waals surface area contributed by atoms with Crippen molar-refractivity contribution in [2.75, 3.05) is 79.7 Å². The molecule has 0 aromatic heterocycles. The van der Waals surface area contributed by atoms with E-state index in [0.717, 1.165) is 97.3 Å². The maximum atomic E-state index is 13.1. The van der Waals surface area contributed by atoms with Crippen LogP contribution >= 0.6 is 0 Å². The van der Waals surface area contributed by atoms with Gasteiger partial charge in [0.1, 0.15) is 0 Å². The molecule has 12 nitrogen and oxygen atoms in total. The van der Waals surface area contributed by atoms with Crippen LogP contribution in [0.2, 0.25) is 0 Å². The van der Waals surface area contributed by atoms with E-state index in [1.54, 1.807) is 0 Å². The van der Waals surface area contributed by atoms with Gasteiger partial charge in [-0.25, -0.2) is 0 Å². The van der Waals surface area contributed by atoms with Crippen molar-refractivity contribution in [3.05, 3.63) is 0 Å². The van der Waals surface area contributed by atoms with Crippen LogP contribution in [0.25, 0.3) is 0 Å². The number of ether oxygens (including phenoxy) is 4. The number of rotatable bonds is 12. The number of amides is 2. The second-order valence-corrected chi connectivity index (χ2v) is 14.7. The Labute approximate surface area is 294 Å². The molecule has 2 amide bonds. The molecular weight excluding hydrogens is 628 g/mol. The van der Waals surface area contributed by atoms with Gasteiger partial charge in [0.15, 0.2) is 0 Å². The summed E-state index contributed by atoms with van der Waals surface area (Å²) in [6, 6.07) is 0. The molecule has 6 heterocycles. The van der Waals surface area contributed by atoms with Gasteiger partial charge in [-0.3, -0.25) is 19.2 Å². The molecule has 6 rings (SSSR count). The lowest BCUT2D eigenvalue weighted by Gasteiger charge is -2.36. The fourth-order valence-corrected chi connectivity index (χ4v) is 8.33. The van der Waals surface area contributed by atoms with E-state index in [-0.39, 0.29) is 67.4 Å². The Balaban J connectivity index is 0.000000219. The van der Waals surface area contributed by atoms with Crippen LogP contribution in [0.1, 0.15) is 85.5 Å². The third-order valence-corrected chi connectivity index (χ3v) is 11.2. The molecule has 0 aromatic carbocycles. The predicted molar refractivity (Wildman–Crippen MR) is 186 cm³/mol. The van der Waals surface area contributed by atoms with E-state index in [1.165, 1.54) is 19.3 Å². The molecule has 8 atom stereocenters. The van der Waals surface area contributed by atoms with Crippen molar-refractivity contribution in [1.82, 2.24) is 19.6 Å². The van der Waals surface area contributed by atoms with Crippen LogP contribution in [0.5, 0.6) is 0 Å². The van der Waals surface area contributed by atoms with E-state index in [1.807, 2.05) is 16.7 Å². The summed E-state index contributed by atoms with van der Waals surface area (Å²) in [5.41, 5.74) is 0. The summed E-state index contributed by atoms with van der Waals surface area (Å²) in [5.74, 6) is -1.79. The van der Waals surface area contributed by atoms with Gasteiger partial charge in [-0.2, -0.15) is 0 Å². The van der Waals surface area contributed by atoms with Crippen LogP contribution in [-0.4, -0.2) is 147 Å². The quantitative estimate of drug-likeness (QED) is 0.223. The van der Waals surface area contributed by atoms with Crippen molar-refractivity contribution in [1.29, 1.82) is 0 Å². The van der Waals surface area contributed by atoms with Gasteiger partial charge in [0.25, 0.3) is 0 Å². The second kappa shape index (κ2) is 18.8. The van der Waals surface area contributed by atoms with Crippen LogP contribution in [0.4, 0.5) is 0 Å². The fourth-order valence-electron chi connectivity index (χ4n) is 8.33. The first-order chi connectivity index (χ1) is 23.2. The zero-order chi connectivity index (χ0) is 34.2. The van der Waals surface area contributed by atoms with E-state index in [9.17, 15) is 19.2 Å². The van der Waals surface area contributed by atoms with Crippen molar-refractivity contribution in [2.45, 2.75) is 110 Å². The van der Waals surface area contributed by atoms with Gasteiger partial charge in [0, 0.05) is 52.4 Å². The van der Waals surface area contributed by atoms with Gasteiger partial charge in [-0.15, -0.1) is 0 Å². The lowest BCUT2D eigenvalue weighted by Crippen LogP contribution is -2.52. The van der Waals surface area contributed by atoms with Crippen molar-refractivity contribution < 1.29 is 38.1 Å². The molecule has 0 saturated carbocycles. The third kappa shape index (κ3) is 9.54. The number of fused-ring (bicyclic) bond motifs is 4. The minimum Gasteiger partial charge on any atom is -0.465 e. The lowest BCUT2D eigenvalue weighted by molar-refractivity contribution is -0.156. The number of nitrogens with zero attached hydrogens (tertiary/aromatic N) is 4. The molecular formula is C37H64N4O8. The minimum absolute atomic E-state index is 0. The summed E-state index contributed by atoms with van der Waals surface area (Å²) in [7, 11) is 4.14. The number of piperazine rings is 2. The molecule has 6 aliphatic rings. The molecule has 4 bridgehead atoms. The third-order valence-electron chi connectivity index (χ3n) is 11.2. The van der Waals surface area contributed by atoms with Gasteiger partial charge < -0.3 is 38.5 Å². The first-order valence-electron chi connectivity index (χ1n) is 18.8. The summed E-state index contributed by atoms with van der Waals surface area (Å²) < 4.78 is 22.7.